The molecule has 0 bridgehead atoms. The van der Waals surface area contributed by atoms with Crippen LogP contribution < -0.4 is 16.0 Å². The fraction of sp³-hybridized carbons (Fsp3) is 0.316. The number of hydrogen-bond acceptors (Lipinski definition) is 5. The second kappa shape index (κ2) is 11.2. The van der Waals surface area contributed by atoms with Crippen molar-refractivity contribution in [2.75, 3.05) is 33.7 Å². The number of halogens is 2. The molecule has 3 N–H and O–H groups in total. The summed E-state index contributed by atoms with van der Waals surface area (Å²) in [4.78, 5) is 39.1. The summed E-state index contributed by atoms with van der Waals surface area (Å²) < 4.78 is 0. The molecule has 3 amide bonds. The average Bonchev–Trinajstić information content (AvgIpc) is 3.18. The molecule has 0 aliphatic rings. The van der Waals surface area contributed by atoms with Gasteiger partial charge < -0.3 is 20.9 Å². The lowest BCUT2D eigenvalue weighted by molar-refractivity contribution is -0.125. The summed E-state index contributed by atoms with van der Waals surface area (Å²) in [5.74, 6) is -1.30. The van der Waals surface area contributed by atoms with E-state index in [0.717, 1.165) is 4.88 Å². The van der Waals surface area contributed by atoms with Gasteiger partial charge in [-0.3, -0.25) is 14.4 Å². The Morgan fingerprint density at radius 2 is 1.72 bits per heavy atom. The normalized spacial score (nSPS) is 11.8. The maximum Gasteiger partial charge on any atom is 0.253 e. The third kappa shape index (κ3) is 7.32. The molecule has 1 aromatic carbocycles. The molecule has 0 aliphatic heterocycles. The van der Waals surface area contributed by atoms with Crippen molar-refractivity contribution < 1.29 is 14.4 Å². The third-order valence-electron chi connectivity index (χ3n) is 4.02. The zero-order valence-electron chi connectivity index (χ0n) is 16.0. The molecule has 2 rings (SSSR count). The first kappa shape index (κ1) is 23.2. The highest BCUT2D eigenvalue weighted by Crippen LogP contribution is 2.22. The van der Waals surface area contributed by atoms with E-state index < -0.39 is 11.8 Å². The van der Waals surface area contributed by atoms with Crippen molar-refractivity contribution in [1.82, 2.24) is 20.9 Å². The Morgan fingerprint density at radius 1 is 1.03 bits per heavy atom. The maximum absolute atomic E-state index is 12.1. The summed E-state index contributed by atoms with van der Waals surface area (Å²) in [5.41, 5.74) is 0.213. The fourth-order valence-electron chi connectivity index (χ4n) is 2.46. The predicted molar refractivity (Wildman–Crippen MR) is 116 cm³/mol. The molecule has 1 heterocycles. The third-order valence-corrected chi connectivity index (χ3v) is 5.54. The lowest BCUT2D eigenvalue weighted by atomic mass is 10.2. The van der Waals surface area contributed by atoms with Gasteiger partial charge in [0.15, 0.2) is 0 Å². The second-order valence-corrected chi connectivity index (χ2v) is 8.21. The molecule has 29 heavy (non-hydrogen) atoms. The summed E-state index contributed by atoms with van der Waals surface area (Å²) in [6.07, 6.45) is 0. The number of carbonyl (C=O) groups excluding carboxylic acids is 3. The molecule has 0 saturated carbocycles. The molecule has 0 fully saturated rings. The topological polar surface area (TPSA) is 90.5 Å². The predicted octanol–water partition coefficient (Wildman–Crippen LogP) is 2.32. The van der Waals surface area contributed by atoms with Crippen LogP contribution in [0, 0.1) is 0 Å². The van der Waals surface area contributed by atoms with Gasteiger partial charge in [0.05, 0.1) is 29.7 Å². The largest absolute Gasteiger partial charge is 0.353 e. The number of likely N-dealkylation sites (N-methyl/N-ethyl adjacent to an activating group) is 1. The van der Waals surface area contributed by atoms with E-state index >= 15 is 0 Å². The van der Waals surface area contributed by atoms with Gasteiger partial charge in [-0.25, -0.2) is 0 Å². The molecule has 1 atom stereocenters. The maximum atomic E-state index is 12.1. The van der Waals surface area contributed by atoms with Gasteiger partial charge in [-0.2, -0.15) is 0 Å². The van der Waals surface area contributed by atoms with E-state index in [1.54, 1.807) is 11.3 Å². The Balaban J connectivity index is 1.73. The number of hydrogen-bond donors (Lipinski definition) is 3. The van der Waals surface area contributed by atoms with Gasteiger partial charge in [0.1, 0.15) is 0 Å². The van der Waals surface area contributed by atoms with Crippen molar-refractivity contribution >= 4 is 52.3 Å². The Kier molecular flexibility index (Phi) is 8.91. The number of benzene rings is 1. The Hall–Kier alpha value is -2.13. The summed E-state index contributed by atoms with van der Waals surface area (Å²) in [6, 6.07) is 8.48. The molecule has 0 spiro atoms. The van der Waals surface area contributed by atoms with Crippen LogP contribution in [0.1, 0.15) is 21.3 Å². The highest BCUT2D eigenvalue weighted by molar-refractivity contribution is 7.10. The molecule has 0 saturated heterocycles. The number of amides is 3. The van der Waals surface area contributed by atoms with E-state index in [-0.39, 0.29) is 35.6 Å². The van der Waals surface area contributed by atoms with Crippen LogP contribution in [0.25, 0.3) is 0 Å². The lowest BCUT2D eigenvalue weighted by Gasteiger charge is -2.23. The molecule has 0 radical (unpaired) electrons. The zero-order chi connectivity index (χ0) is 21.4. The Morgan fingerprint density at radius 3 is 2.34 bits per heavy atom. The first-order valence-electron chi connectivity index (χ1n) is 8.74. The van der Waals surface area contributed by atoms with Crippen LogP contribution in [0.3, 0.4) is 0 Å². The van der Waals surface area contributed by atoms with Gasteiger partial charge >= 0.3 is 0 Å². The number of thiophene rings is 1. The molecular weight excluding hydrogens is 435 g/mol. The quantitative estimate of drug-likeness (QED) is 0.539. The van der Waals surface area contributed by atoms with Crippen molar-refractivity contribution in [3.8, 4) is 0 Å². The molecular formula is C19H22Cl2N4O3S. The van der Waals surface area contributed by atoms with E-state index in [2.05, 4.69) is 16.0 Å². The van der Waals surface area contributed by atoms with Gasteiger partial charge in [-0.05, 0) is 43.7 Å². The van der Waals surface area contributed by atoms with Gasteiger partial charge in [0.2, 0.25) is 11.8 Å². The highest BCUT2D eigenvalue weighted by atomic mass is 35.5. The van der Waals surface area contributed by atoms with Crippen LogP contribution in [-0.4, -0.2) is 56.4 Å². The number of carbonyl (C=O) groups is 3. The minimum absolute atomic E-state index is 0.0538. The molecule has 0 aliphatic carbocycles. The summed E-state index contributed by atoms with van der Waals surface area (Å²) in [5, 5.41) is 10.3. The van der Waals surface area contributed by atoms with Crippen LogP contribution in [0.15, 0.2) is 35.7 Å². The Labute approximate surface area is 183 Å². The molecule has 7 nitrogen and oxygen atoms in total. The SMILES string of the molecule is CN(C)C(CNC(=O)CNC(=O)CNC(=O)c1ccc(Cl)cc1Cl)c1cccs1. The summed E-state index contributed by atoms with van der Waals surface area (Å²) in [7, 11) is 3.88. The first-order chi connectivity index (χ1) is 13.8. The molecule has 1 unspecified atom stereocenters. The van der Waals surface area contributed by atoms with Crippen LogP contribution >= 0.6 is 34.5 Å². The monoisotopic (exact) mass is 456 g/mol. The zero-order valence-corrected chi connectivity index (χ0v) is 18.3. The Bertz CT molecular complexity index is 859. The van der Waals surface area contributed by atoms with Crippen LogP contribution in [0.2, 0.25) is 10.0 Å². The average molecular weight is 457 g/mol. The van der Waals surface area contributed by atoms with E-state index in [0.29, 0.717) is 11.6 Å². The standard InChI is InChI=1S/C19H22Cl2N4O3S/c1-25(2)15(16-4-3-7-29-16)9-22-17(26)10-23-18(27)11-24-19(28)13-6-5-12(20)8-14(13)21/h3-8,15H,9-11H2,1-2H3,(H,22,26)(H,23,27)(H,24,28). The van der Waals surface area contributed by atoms with E-state index in [9.17, 15) is 14.4 Å². The summed E-state index contributed by atoms with van der Waals surface area (Å²) >= 11 is 13.4. The van der Waals surface area contributed by atoms with Gasteiger partial charge in [-0.15, -0.1) is 11.3 Å². The smallest absolute Gasteiger partial charge is 0.253 e. The van der Waals surface area contributed by atoms with E-state index in [4.69, 9.17) is 23.2 Å². The molecule has 10 heteroatoms. The summed E-state index contributed by atoms with van der Waals surface area (Å²) in [6.45, 7) is -0.0321. The van der Waals surface area contributed by atoms with Crippen LogP contribution in [0.4, 0.5) is 0 Å². The minimum atomic E-state index is -0.504. The van der Waals surface area contributed by atoms with Crippen LogP contribution in [-0.2, 0) is 9.59 Å². The van der Waals surface area contributed by atoms with Crippen molar-refractivity contribution in [3.63, 3.8) is 0 Å². The number of nitrogens with zero attached hydrogens (tertiary/aromatic N) is 1. The number of rotatable bonds is 9. The van der Waals surface area contributed by atoms with E-state index in [1.165, 1.54) is 18.2 Å². The molecule has 1 aromatic heterocycles. The molecule has 156 valence electrons. The molecule has 2 aromatic rings. The van der Waals surface area contributed by atoms with Gasteiger partial charge in [0.25, 0.3) is 5.91 Å². The van der Waals surface area contributed by atoms with Gasteiger partial charge in [0, 0.05) is 16.4 Å². The van der Waals surface area contributed by atoms with Crippen molar-refractivity contribution in [2.45, 2.75) is 6.04 Å². The number of nitrogens with one attached hydrogen (secondary N) is 3. The van der Waals surface area contributed by atoms with E-state index in [1.807, 2.05) is 36.5 Å². The van der Waals surface area contributed by atoms with Crippen LogP contribution in [0.5, 0.6) is 0 Å². The van der Waals surface area contributed by atoms with Crippen molar-refractivity contribution in [2.24, 2.45) is 0 Å². The highest BCUT2D eigenvalue weighted by Gasteiger charge is 2.17. The minimum Gasteiger partial charge on any atom is -0.353 e. The van der Waals surface area contributed by atoms with Crippen molar-refractivity contribution in [1.29, 1.82) is 0 Å². The second-order valence-electron chi connectivity index (χ2n) is 6.38. The lowest BCUT2D eigenvalue weighted by Crippen LogP contribution is -2.43. The fourth-order valence-corrected chi connectivity index (χ4v) is 3.88. The van der Waals surface area contributed by atoms with Gasteiger partial charge in [-0.1, -0.05) is 29.3 Å². The first-order valence-corrected chi connectivity index (χ1v) is 10.4. The van der Waals surface area contributed by atoms with Crippen molar-refractivity contribution in [3.05, 3.63) is 56.2 Å².